The Morgan fingerprint density at radius 1 is 1.00 bits per heavy atom. The average molecular weight is 419 g/mol. The molecule has 8 heteroatoms. The minimum absolute atomic E-state index is 0.0142. The highest BCUT2D eigenvalue weighted by atomic mass is 32.2. The summed E-state index contributed by atoms with van der Waals surface area (Å²) in [5, 5.41) is 2.81. The maximum Gasteiger partial charge on any atom is 0.262 e. The molecular formula is C21H26N2O5S. The molecule has 29 heavy (non-hydrogen) atoms. The fourth-order valence-corrected chi connectivity index (χ4v) is 4.66. The standard InChI is InChI=1S/C21H26N2O5S/c1-27-19-10-6-5-9-17(19)23-29(25,26)16-11-12-20(28-2)18(14-16)22-21(24)13-15-7-3-4-8-15/h5-6,9-12,14-15,23H,3-4,7-8,13H2,1-2H3,(H,22,24). The maximum absolute atomic E-state index is 12.9. The molecule has 2 aromatic carbocycles. The number of carbonyl (C=O) groups excluding carboxylic acids is 1. The van der Waals surface area contributed by atoms with Crippen LogP contribution in [0.3, 0.4) is 0 Å². The second-order valence-corrected chi connectivity index (χ2v) is 8.75. The summed E-state index contributed by atoms with van der Waals surface area (Å²) < 4.78 is 38.7. The Kier molecular flexibility index (Phi) is 6.64. The van der Waals surface area contributed by atoms with Crippen molar-refractivity contribution in [2.45, 2.75) is 37.0 Å². The van der Waals surface area contributed by atoms with Crippen molar-refractivity contribution in [3.8, 4) is 11.5 Å². The lowest BCUT2D eigenvalue weighted by Crippen LogP contribution is -2.17. The molecule has 3 rings (SSSR count). The Labute approximate surface area is 171 Å². The van der Waals surface area contributed by atoms with Gasteiger partial charge in [-0.25, -0.2) is 8.42 Å². The molecule has 156 valence electrons. The van der Waals surface area contributed by atoms with Gasteiger partial charge >= 0.3 is 0 Å². The first kappa shape index (κ1) is 21.0. The lowest BCUT2D eigenvalue weighted by Gasteiger charge is -2.15. The Balaban J connectivity index is 1.81. The number of ether oxygens (including phenoxy) is 2. The van der Waals surface area contributed by atoms with Gasteiger partial charge in [0.05, 0.1) is 30.5 Å². The number of para-hydroxylation sites is 2. The van der Waals surface area contributed by atoms with Crippen molar-refractivity contribution in [1.29, 1.82) is 0 Å². The van der Waals surface area contributed by atoms with Crippen LogP contribution in [0.5, 0.6) is 11.5 Å². The number of nitrogens with one attached hydrogen (secondary N) is 2. The second kappa shape index (κ2) is 9.17. The number of hydrogen-bond donors (Lipinski definition) is 2. The molecule has 0 saturated heterocycles. The van der Waals surface area contributed by atoms with Crippen LogP contribution >= 0.6 is 0 Å². The normalized spacial score (nSPS) is 14.4. The zero-order valence-electron chi connectivity index (χ0n) is 16.6. The predicted octanol–water partition coefficient (Wildman–Crippen LogP) is 4.02. The molecular weight excluding hydrogens is 392 g/mol. The molecule has 0 spiro atoms. The van der Waals surface area contributed by atoms with Crippen molar-refractivity contribution in [2.24, 2.45) is 5.92 Å². The van der Waals surface area contributed by atoms with E-state index in [0.717, 1.165) is 25.7 Å². The molecule has 0 heterocycles. The molecule has 1 fully saturated rings. The molecule has 2 aromatic rings. The molecule has 1 amide bonds. The van der Waals surface area contributed by atoms with E-state index < -0.39 is 10.0 Å². The van der Waals surface area contributed by atoms with Gasteiger partial charge in [-0.1, -0.05) is 25.0 Å². The second-order valence-electron chi connectivity index (χ2n) is 7.07. The van der Waals surface area contributed by atoms with Gasteiger partial charge in [0.25, 0.3) is 10.0 Å². The molecule has 0 aliphatic heterocycles. The average Bonchev–Trinajstić information content (AvgIpc) is 3.21. The third-order valence-electron chi connectivity index (χ3n) is 5.06. The van der Waals surface area contributed by atoms with Gasteiger partial charge in [0, 0.05) is 6.42 Å². The number of rotatable bonds is 8. The van der Waals surface area contributed by atoms with Crippen LogP contribution in [-0.4, -0.2) is 28.5 Å². The molecule has 1 saturated carbocycles. The van der Waals surface area contributed by atoms with Crippen LogP contribution in [0.1, 0.15) is 32.1 Å². The summed E-state index contributed by atoms with van der Waals surface area (Å²) in [7, 11) is -0.942. The van der Waals surface area contributed by atoms with Crippen LogP contribution in [0.15, 0.2) is 47.4 Å². The summed E-state index contributed by atoms with van der Waals surface area (Å²) in [4.78, 5) is 12.4. The highest BCUT2D eigenvalue weighted by molar-refractivity contribution is 7.92. The zero-order chi connectivity index (χ0) is 20.9. The molecule has 0 atom stereocenters. The van der Waals surface area contributed by atoms with Crippen molar-refractivity contribution >= 4 is 27.3 Å². The van der Waals surface area contributed by atoms with Crippen LogP contribution in [-0.2, 0) is 14.8 Å². The van der Waals surface area contributed by atoms with Crippen molar-refractivity contribution in [3.05, 3.63) is 42.5 Å². The molecule has 0 radical (unpaired) electrons. The fraction of sp³-hybridized carbons (Fsp3) is 0.381. The van der Waals surface area contributed by atoms with E-state index in [9.17, 15) is 13.2 Å². The summed E-state index contributed by atoms with van der Waals surface area (Å²) in [6.07, 6.45) is 4.86. The molecule has 7 nitrogen and oxygen atoms in total. The third-order valence-corrected chi connectivity index (χ3v) is 6.42. The largest absolute Gasteiger partial charge is 0.495 e. The first-order valence-electron chi connectivity index (χ1n) is 9.56. The third kappa shape index (κ3) is 5.20. The van der Waals surface area contributed by atoms with E-state index in [0.29, 0.717) is 35.2 Å². The highest BCUT2D eigenvalue weighted by Gasteiger charge is 2.21. The summed E-state index contributed by atoms with van der Waals surface area (Å²) >= 11 is 0. The topological polar surface area (TPSA) is 93.7 Å². The number of hydrogen-bond acceptors (Lipinski definition) is 5. The van der Waals surface area contributed by atoms with Crippen LogP contribution in [0.2, 0.25) is 0 Å². The summed E-state index contributed by atoms with van der Waals surface area (Å²) in [5.41, 5.74) is 0.663. The van der Waals surface area contributed by atoms with Gasteiger partial charge in [-0.15, -0.1) is 0 Å². The van der Waals surface area contributed by atoms with Gasteiger partial charge in [-0.3, -0.25) is 9.52 Å². The Morgan fingerprint density at radius 3 is 2.34 bits per heavy atom. The minimum atomic E-state index is -3.89. The molecule has 0 aromatic heterocycles. The lowest BCUT2D eigenvalue weighted by atomic mass is 10.0. The summed E-state index contributed by atoms with van der Waals surface area (Å²) in [6, 6.07) is 11.1. The number of carbonyl (C=O) groups is 1. The van der Waals surface area contributed by atoms with E-state index in [1.807, 2.05) is 0 Å². The van der Waals surface area contributed by atoms with Crippen molar-refractivity contribution < 1.29 is 22.7 Å². The first-order valence-corrected chi connectivity index (χ1v) is 11.0. The highest BCUT2D eigenvalue weighted by Crippen LogP contribution is 2.32. The van der Waals surface area contributed by atoms with Crippen LogP contribution in [0.4, 0.5) is 11.4 Å². The van der Waals surface area contributed by atoms with Gasteiger partial charge in [0.1, 0.15) is 11.5 Å². The Hall–Kier alpha value is -2.74. The maximum atomic E-state index is 12.9. The first-order chi connectivity index (χ1) is 13.9. The SMILES string of the molecule is COc1ccc(S(=O)(=O)Nc2ccccc2OC)cc1NC(=O)CC1CCCC1. The zero-order valence-corrected chi connectivity index (χ0v) is 17.4. The van der Waals surface area contributed by atoms with E-state index in [1.165, 1.54) is 32.4 Å². The molecule has 0 bridgehead atoms. The van der Waals surface area contributed by atoms with Crippen molar-refractivity contribution in [2.75, 3.05) is 24.3 Å². The van der Waals surface area contributed by atoms with Gasteiger partial charge in [-0.05, 0) is 49.1 Å². The fourth-order valence-electron chi connectivity index (χ4n) is 3.56. The molecule has 2 N–H and O–H groups in total. The molecule has 0 unspecified atom stereocenters. The van der Waals surface area contributed by atoms with E-state index >= 15 is 0 Å². The lowest BCUT2D eigenvalue weighted by molar-refractivity contribution is -0.117. The number of methoxy groups -OCH3 is 2. The van der Waals surface area contributed by atoms with Crippen LogP contribution < -0.4 is 19.5 Å². The quantitative estimate of drug-likeness (QED) is 0.675. The molecule has 1 aliphatic rings. The Bertz CT molecular complexity index is 969. The minimum Gasteiger partial charge on any atom is -0.495 e. The molecule has 1 aliphatic carbocycles. The number of amides is 1. The van der Waals surface area contributed by atoms with E-state index in [2.05, 4.69) is 10.0 Å². The predicted molar refractivity (Wildman–Crippen MR) is 112 cm³/mol. The van der Waals surface area contributed by atoms with E-state index in [1.54, 1.807) is 24.3 Å². The van der Waals surface area contributed by atoms with Gasteiger partial charge < -0.3 is 14.8 Å². The van der Waals surface area contributed by atoms with E-state index in [4.69, 9.17) is 9.47 Å². The van der Waals surface area contributed by atoms with Crippen LogP contribution in [0.25, 0.3) is 0 Å². The summed E-state index contributed by atoms with van der Waals surface area (Å²) in [6.45, 7) is 0. The smallest absolute Gasteiger partial charge is 0.262 e. The van der Waals surface area contributed by atoms with Crippen molar-refractivity contribution in [1.82, 2.24) is 0 Å². The number of sulfonamides is 1. The monoisotopic (exact) mass is 418 g/mol. The van der Waals surface area contributed by atoms with Gasteiger partial charge in [0.15, 0.2) is 0 Å². The Morgan fingerprint density at radius 2 is 1.66 bits per heavy atom. The number of benzene rings is 2. The van der Waals surface area contributed by atoms with Gasteiger partial charge in [0.2, 0.25) is 5.91 Å². The number of anilines is 2. The van der Waals surface area contributed by atoms with Crippen molar-refractivity contribution in [3.63, 3.8) is 0 Å². The van der Waals surface area contributed by atoms with Gasteiger partial charge in [-0.2, -0.15) is 0 Å². The van der Waals surface area contributed by atoms with Crippen LogP contribution in [0, 0.1) is 5.92 Å². The summed E-state index contributed by atoms with van der Waals surface area (Å²) in [5.74, 6) is 1.07. The van der Waals surface area contributed by atoms with E-state index in [-0.39, 0.29) is 10.8 Å².